The molecule has 0 unspecified atom stereocenters. The van der Waals surface area contributed by atoms with Crippen LogP contribution < -0.4 is 10.6 Å². The second kappa shape index (κ2) is 7.16. The molecule has 2 aromatic heterocycles. The number of H-pyrrole nitrogens is 1. The van der Waals surface area contributed by atoms with E-state index in [2.05, 4.69) is 9.97 Å². The number of amides is 1. The van der Waals surface area contributed by atoms with E-state index in [1.807, 2.05) is 6.07 Å². The Kier molecular flexibility index (Phi) is 4.52. The van der Waals surface area contributed by atoms with Crippen molar-refractivity contribution in [3.63, 3.8) is 0 Å². The second-order valence-electron chi connectivity index (χ2n) is 8.05. The van der Waals surface area contributed by atoms with Crippen molar-refractivity contribution < 1.29 is 13.2 Å². The Balaban J connectivity index is 1.52. The molecule has 0 saturated heterocycles. The molecule has 1 aliphatic heterocycles. The molecular weight excluding hydrogens is 426 g/mol. The van der Waals surface area contributed by atoms with Gasteiger partial charge in [-0.1, -0.05) is 18.2 Å². The molecule has 32 heavy (non-hydrogen) atoms. The van der Waals surface area contributed by atoms with E-state index < -0.39 is 15.1 Å². The lowest BCUT2D eigenvalue weighted by molar-refractivity contribution is 0.0997. The summed E-state index contributed by atoms with van der Waals surface area (Å²) in [5, 5.41) is -0.496. The quantitative estimate of drug-likeness (QED) is 0.461. The molecule has 3 N–H and O–H groups in total. The molecule has 0 fully saturated rings. The van der Waals surface area contributed by atoms with Crippen molar-refractivity contribution in [3.05, 3.63) is 66.0 Å². The third-order valence-electron chi connectivity index (χ3n) is 5.69. The number of aromatic nitrogens is 3. The van der Waals surface area contributed by atoms with E-state index in [0.717, 1.165) is 11.1 Å². The number of hydrogen-bond acceptors (Lipinski definition) is 6. The van der Waals surface area contributed by atoms with E-state index in [0.29, 0.717) is 40.3 Å². The molecule has 3 heterocycles. The summed E-state index contributed by atoms with van der Waals surface area (Å²) in [5.41, 5.74) is 11.0. The van der Waals surface area contributed by atoms with Crippen LogP contribution in [0.15, 0.2) is 59.8 Å². The van der Waals surface area contributed by atoms with Gasteiger partial charge in [0, 0.05) is 23.0 Å². The summed E-state index contributed by atoms with van der Waals surface area (Å²) in [6.45, 7) is 3.74. The fourth-order valence-corrected chi connectivity index (χ4v) is 4.88. The molecule has 0 saturated carbocycles. The average molecular weight is 448 g/mol. The lowest BCUT2D eigenvalue weighted by Crippen LogP contribution is -2.22. The molecule has 9 heteroatoms. The topological polar surface area (TPSA) is 122 Å². The maximum atomic E-state index is 13.0. The van der Waals surface area contributed by atoms with Crippen molar-refractivity contribution in [2.24, 2.45) is 0 Å². The smallest absolute Gasteiger partial charge is 0.259 e. The lowest BCUT2D eigenvalue weighted by atomic mass is 10.1. The number of fused-ring (bicyclic) bond motifs is 2. The van der Waals surface area contributed by atoms with Crippen LogP contribution in [0.5, 0.6) is 0 Å². The number of nitrogen functional groups attached to an aromatic ring is 1. The average Bonchev–Trinajstić information content (AvgIpc) is 3.34. The van der Waals surface area contributed by atoms with Crippen molar-refractivity contribution >= 4 is 38.3 Å². The summed E-state index contributed by atoms with van der Waals surface area (Å²) in [5.74, 6) is -0.136. The van der Waals surface area contributed by atoms with Gasteiger partial charge < -0.3 is 15.6 Å². The van der Waals surface area contributed by atoms with Crippen LogP contribution in [0, 0.1) is 0 Å². The van der Waals surface area contributed by atoms with Crippen LogP contribution in [0.3, 0.4) is 0 Å². The summed E-state index contributed by atoms with van der Waals surface area (Å²) in [4.78, 5) is 27.2. The highest BCUT2D eigenvalue weighted by Gasteiger charge is 2.31. The highest BCUT2D eigenvalue weighted by atomic mass is 32.2. The lowest BCUT2D eigenvalue weighted by Gasteiger charge is -2.14. The van der Waals surface area contributed by atoms with Gasteiger partial charge in [-0.2, -0.15) is 0 Å². The van der Waals surface area contributed by atoms with Gasteiger partial charge in [-0.3, -0.25) is 4.79 Å². The van der Waals surface area contributed by atoms with Crippen molar-refractivity contribution in [3.8, 4) is 11.3 Å². The van der Waals surface area contributed by atoms with Crippen molar-refractivity contribution in [2.75, 3.05) is 10.6 Å². The minimum atomic E-state index is -3.35. The number of rotatable bonds is 4. The molecule has 0 spiro atoms. The van der Waals surface area contributed by atoms with Gasteiger partial charge in [0.15, 0.2) is 15.5 Å². The molecule has 2 aromatic carbocycles. The van der Waals surface area contributed by atoms with Gasteiger partial charge in [-0.05, 0) is 43.7 Å². The number of nitrogens with one attached hydrogen (secondary N) is 1. The Labute approximate surface area is 185 Å². The van der Waals surface area contributed by atoms with Crippen molar-refractivity contribution in [2.45, 2.75) is 30.5 Å². The maximum Gasteiger partial charge on any atom is 0.259 e. The third kappa shape index (κ3) is 3.13. The fourth-order valence-electron chi connectivity index (χ4n) is 3.82. The highest BCUT2D eigenvalue weighted by molar-refractivity contribution is 7.92. The van der Waals surface area contributed by atoms with Crippen LogP contribution in [0.2, 0.25) is 0 Å². The Morgan fingerprint density at radius 3 is 2.59 bits per heavy atom. The number of nitrogens with zero attached hydrogens (tertiary/aromatic N) is 3. The summed E-state index contributed by atoms with van der Waals surface area (Å²) in [7, 11) is -3.35. The van der Waals surface area contributed by atoms with Gasteiger partial charge in [0.25, 0.3) is 5.91 Å². The van der Waals surface area contributed by atoms with E-state index >= 15 is 0 Å². The first-order valence-corrected chi connectivity index (χ1v) is 11.7. The number of carbonyl (C=O) groups excluding carboxylic acids is 1. The molecule has 0 aliphatic carbocycles. The molecule has 0 radical (unpaired) electrons. The molecule has 1 amide bonds. The summed E-state index contributed by atoms with van der Waals surface area (Å²) in [6.07, 6.45) is 3.34. The van der Waals surface area contributed by atoms with Crippen LogP contribution in [0.25, 0.3) is 22.4 Å². The number of sulfone groups is 1. The zero-order valence-corrected chi connectivity index (χ0v) is 18.3. The third-order valence-corrected chi connectivity index (χ3v) is 7.86. The van der Waals surface area contributed by atoms with E-state index in [1.54, 1.807) is 67.5 Å². The molecular formula is C23H21N5O3S. The Morgan fingerprint density at radius 2 is 1.88 bits per heavy atom. The molecule has 4 aromatic rings. The van der Waals surface area contributed by atoms with Gasteiger partial charge in [0.2, 0.25) is 0 Å². The molecule has 1 aliphatic rings. The normalized spacial score (nSPS) is 13.8. The highest BCUT2D eigenvalue weighted by Crippen LogP contribution is 2.34. The Morgan fingerprint density at radius 1 is 1.12 bits per heavy atom. The minimum absolute atomic E-state index is 0.136. The van der Waals surface area contributed by atoms with E-state index in [-0.39, 0.29) is 10.8 Å². The van der Waals surface area contributed by atoms with E-state index in [4.69, 9.17) is 10.7 Å². The predicted octanol–water partition coefficient (Wildman–Crippen LogP) is 3.55. The Bertz CT molecular complexity index is 1470. The summed E-state index contributed by atoms with van der Waals surface area (Å²) >= 11 is 0. The zero-order chi connectivity index (χ0) is 22.6. The molecule has 5 rings (SSSR count). The van der Waals surface area contributed by atoms with E-state index in [1.165, 1.54) is 0 Å². The maximum absolute atomic E-state index is 13.0. The predicted molar refractivity (Wildman–Crippen MR) is 123 cm³/mol. The van der Waals surface area contributed by atoms with Gasteiger partial charge in [0.1, 0.15) is 5.52 Å². The molecule has 0 atom stereocenters. The first-order valence-electron chi connectivity index (χ1n) is 10.1. The largest absolute Gasteiger partial charge is 0.399 e. The number of aromatic amines is 1. The monoisotopic (exact) mass is 447 g/mol. The van der Waals surface area contributed by atoms with Crippen LogP contribution in [-0.4, -0.2) is 34.5 Å². The molecule has 8 nitrogen and oxygen atoms in total. The van der Waals surface area contributed by atoms with Gasteiger partial charge >= 0.3 is 0 Å². The number of carbonyl (C=O) groups is 1. The van der Waals surface area contributed by atoms with Crippen LogP contribution in [0.4, 0.5) is 11.4 Å². The zero-order valence-electron chi connectivity index (χ0n) is 17.5. The first kappa shape index (κ1) is 20.2. The second-order valence-corrected chi connectivity index (χ2v) is 10.6. The molecule has 0 bridgehead atoms. The van der Waals surface area contributed by atoms with Gasteiger partial charge in [-0.15, -0.1) is 0 Å². The Hall–Kier alpha value is -3.72. The van der Waals surface area contributed by atoms with Crippen molar-refractivity contribution in [1.82, 2.24) is 15.0 Å². The standard InChI is InChI=1S/C23H21N5O3S/c1-13(2)32(30,31)17-7-4-14(5-8-17)19-10-25-22-21(27-19)20(11-26-22)28-12-15-3-6-16(24)9-18(15)23(28)29/h3-11,13H,12,24H2,1-2H3,(H,25,26). The summed E-state index contributed by atoms with van der Waals surface area (Å²) < 4.78 is 24.8. The van der Waals surface area contributed by atoms with Crippen LogP contribution in [-0.2, 0) is 16.4 Å². The van der Waals surface area contributed by atoms with E-state index in [9.17, 15) is 13.2 Å². The molecule has 162 valence electrons. The van der Waals surface area contributed by atoms with Gasteiger partial charge in [-0.25, -0.2) is 18.4 Å². The number of benzene rings is 2. The first-order chi connectivity index (χ1) is 15.3. The van der Waals surface area contributed by atoms with Crippen molar-refractivity contribution in [1.29, 1.82) is 0 Å². The fraction of sp³-hybridized carbons (Fsp3) is 0.174. The number of anilines is 2. The van der Waals surface area contributed by atoms with Crippen LogP contribution >= 0.6 is 0 Å². The van der Waals surface area contributed by atoms with Crippen LogP contribution in [0.1, 0.15) is 29.8 Å². The SMILES string of the molecule is CC(C)S(=O)(=O)c1ccc(-c2cnc3[nH]cc(N4Cc5ccc(N)cc5C4=O)c3n2)cc1. The minimum Gasteiger partial charge on any atom is -0.399 e. The number of hydrogen-bond donors (Lipinski definition) is 2. The summed E-state index contributed by atoms with van der Waals surface area (Å²) in [6, 6.07) is 11.9. The van der Waals surface area contributed by atoms with Gasteiger partial charge in [0.05, 0.1) is 34.3 Å². The number of nitrogens with two attached hydrogens (primary N) is 1.